The Balaban J connectivity index is 1.33. The minimum atomic E-state index is -0.833. The molecule has 0 aromatic heterocycles. The van der Waals surface area contributed by atoms with Gasteiger partial charge in [-0.15, -0.1) is 0 Å². The Hall–Kier alpha value is -3.91. The summed E-state index contributed by atoms with van der Waals surface area (Å²) in [5.74, 6) is -1.08. The van der Waals surface area contributed by atoms with E-state index in [4.69, 9.17) is 14.6 Å². The number of carbonyl (C=O) groups is 3. The summed E-state index contributed by atoms with van der Waals surface area (Å²) in [5.41, 5.74) is 4.49. The Labute approximate surface area is 253 Å². The van der Waals surface area contributed by atoms with Crippen LogP contribution in [0, 0.1) is 17.8 Å². The summed E-state index contributed by atoms with van der Waals surface area (Å²) >= 11 is 0. The van der Waals surface area contributed by atoms with Gasteiger partial charge in [0.1, 0.15) is 18.1 Å². The maximum absolute atomic E-state index is 13.7. The fourth-order valence-electron chi connectivity index (χ4n) is 6.77. The van der Waals surface area contributed by atoms with Gasteiger partial charge in [-0.05, 0) is 79.5 Å². The van der Waals surface area contributed by atoms with Gasteiger partial charge in [-0.1, -0.05) is 55.3 Å². The van der Waals surface area contributed by atoms with Crippen LogP contribution in [0.15, 0.2) is 71.3 Å². The quantitative estimate of drug-likeness (QED) is 0.158. The van der Waals surface area contributed by atoms with Gasteiger partial charge in [0.25, 0.3) is 0 Å². The molecular formula is C35H41NO7. The van der Waals surface area contributed by atoms with Crippen LogP contribution in [0.5, 0.6) is 11.5 Å². The van der Waals surface area contributed by atoms with Gasteiger partial charge in [-0.25, -0.2) is 0 Å². The molecule has 43 heavy (non-hydrogen) atoms. The van der Waals surface area contributed by atoms with Crippen molar-refractivity contribution in [2.75, 3.05) is 19.8 Å². The van der Waals surface area contributed by atoms with Crippen LogP contribution in [0.25, 0.3) is 6.08 Å². The van der Waals surface area contributed by atoms with Crippen LogP contribution >= 0.6 is 0 Å². The summed E-state index contributed by atoms with van der Waals surface area (Å²) < 4.78 is 12.6. The van der Waals surface area contributed by atoms with Crippen molar-refractivity contribution in [3.63, 3.8) is 0 Å². The van der Waals surface area contributed by atoms with E-state index < -0.39 is 17.8 Å². The zero-order valence-electron chi connectivity index (χ0n) is 24.7. The van der Waals surface area contributed by atoms with Crippen molar-refractivity contribution >= 4 is 23.9 Å². The number of imide groups is 1. The first-order valence-electron chi connectivity index (χ1n) is 15.4. The average Bonchev–Trinajstić information content (AvgIpc) is 3.53. The highest BCUT2D eigenvalue weighted by atomic mass is 16.5. The van der Waals surface area contributed by atoms with Gasteiger partial charge in [0.15, 0.2) is 0 Å². The molecule has 2 fully saturated rings. The van der Waals surface area contributed by atoms with Crippen molar-refractivity contribution in [2.24, 2.45) is 17.8 Å². The lowest BCUT2D eigenvalue weighted by Gasteiger charge is -2.31. The van der Waals surface area contributed by atoms with E-state index in [1.54, 1.807) is 12.1 Å². The van der Waals surface area contributed by atoms with Crippen LogP contribution < -0.4 is 4.74 Å². The molecule has 8 heteroatoms. The Morgan fingerprint density at radius 2 is 1.77 bits per heavy atom. The number of aromatic hydroxyl groups is 1. The molecule has 2 heterocycles. The van der Waals surface area contributed by atoms with E-state index in [1.165, 1.54) is 10.5 Å². The number of ether oxygens (including phenoxy) is 2. The van der Waals surface area contributed by atoms with E-state index in [9.17, 15) is 19.5 Å². The molecule has 2 aromatic carbocycles. The lowest BCUT2D eigenvalue weighted by atomic mass is 9.69. The Bertz CT molecular complexity index is 1360. The topological polar surface area (TPSA) is 113 Å². The first kappa shape index (κ1) is 30.5. The monoisotopic (exact) mass is 587 g/mol. The van der Waals surface area contributed by atoms with Gasteiger partial charge in [-0.2, -0.15) is 0 Å². The molecule has 4 atom stereocenters. The van der Waals surface area contributed by atoms with E-state index in [-0.39, 0.29) is 36.0 Å². The number of benzene rings is 2. The number of allylic oxidation sites excluding steroid dienone is 1. The first-order chi connectivity index (χ1) is 20.9. The number of aliphatic carboxylic acids is 1. The molecule has 2 N–H and O–H groups in total. The third-order valence-corrected chi connectivity index (χ3v) is 8.97. The Morgan fingerprint density at radius 1 is 1.00 bits per heavy atom. The van der Waals surface area contributed by atoms with Crippen LogP contribution in [0.1, 0.15) is 63.9 Å². The maximum Gasteiger partial charge on any atom is 0.303 e. The molecule has 1 aliphatic carbocycles. The third-order valence-electron chi connectivity index (χ3n) is 8.97. The van der Waals surface area contributed by atoms with Crippen LogP contribution in [0.4, 0.5) is 0 Å². The van der Waals surface area contributed by atoms with Crippen LogP contribution in [-0.4, -0.2) is 58.8 Å². The second-order valence-electron chi connectivity index (χ2n) is 11.7. The largest absolute Gasteiger partial charge is 0.508 e. The predicted octanol–water partition coefficient (Wildman–Crippen LogP) is 6.01. The van der Waals surface area contributed by atoms with Gasteiger partial charge in [0.2, 0.25) is 11.8 Å². The second-order valence-corrected chi connectivity index (χ2v) is 11.7. The molecule has 5 rings (SSSR count). The summed E-state index contributed by atoms with van der Waals surface area (Å²) in [6.07, 6.45) is 6.86. The summed E-state index contributed by atoms with van der Waals surface area (Å²) in [7, 11) is 0. The molecule has 0 spiro atoms. The van der Waals surface area contributed by atoms with Crippen molar-refractivity contribution in [3.05, 3.63) is 76.9 Å². The van der Waals surface area contributed by atoms with Crippen molar-refractivity contribution in [1.82, 2.24) is 4.90 Å². The molecule has 0 unspecified atom stereocenters. The SMILES string of the molecule is CC/C(=C\c1ccc(O)cc1)CC[C@H]1OC[C@H]2C1=C(COc1ccccc1)C[C@H]1C(=O)N(CCCCCC(=O)O)C(=O)[C@H]12. The molecule has 2 saturated heterocycles. The smallest absolute Gasteiger partial charge is 0.303 e. The van der Waals surface area contributed by atoms with Crippen LogP contribution in [0.3, 0.4) is 0 Å². The first-order valence-corrected chi connectivity index (χ1v) is 15.4. The average molecular weight is 588 g/mol. The number of nitrogens with zero attached hydrogens (tertiary/aromatic N) is 1. The maximum atomic E-state index is 13.7. The number of hydrogen-bond acceptors (Lipinski definition) is 6. The minimum absolute atomic E-state index is 0.0931. The molecule has 228 valence electrons. The van der Waals surface area contributed by atoms with E-state index in [1.807, 2.05) is 42.5 Å². The molecular weight excluding hydrogens is 546 g/mol. The number of phenols is 1. The summed E-state index contributed by atoms with van der Waals surface area (Å²) in [4.78, 5) is 39.5. The van der Waals surface area contributed by atoms with Gasteiger partial charge < -0.3 is 19.7 Å². The normalized spacial score (nSPS) is 23.5. The molecule has 2 aliphatic heterocycles. The van der Waals surface area contributed by atoms with Gasteiger partial charge >= 0.3 is 5.97 Å². The number of carboxylic acid groups (broad SMARTS) is 1. The number of likely N-dealkylation sites (tertiary alicyclic amines) is 1. The second kappa shape index (κ2) is 14.0. The molecule has 8 nitrogen and oxygen atoms in total. The Morgan fingerprint density at radius 3 is 2.49 bits per heavy atom. The number of phenolic OH excluding ortho intramolecular Hbond substituents is 1. The third kappa shape index (κ3) is 7.19. The standard InChI is InChI=1S/C35H41NO7/c1-2-23(19-24-12-15-26(37)16-13-24)14-17-30-32-25(21-42-27-9-5-3-6-10-27)20-28-33(29(32)22-43-30)35(41)36(34(28)40)18-8-4-7-11-31(38)39/h3,5-6,9-10,12-13,15-16,19,28-30,33,37H,2,4,7-8,11,14,17-18,20-22H2,1H3,(H,38,39)/b23-19+/t28-,29+,30-,33-/m1/s1. The number of carbonyl (C=O) groups excluding carboxylic acids is 2. The molecule has 0 radical (unpaired) electrons. The Kier molecular flexibility index (Phi) is 9.97. The zero-order valence-corrected chi connectivity index (χ0v) is 24.7. The predicted molar refractivity (Wildman–Crippen MR) is 162 cm³/mol. The molecule has 0 bridgehead atoms. The lowest BCUT2D eigenvalue weighted by Crippen LogP contribution is -2.35. The van der Waals surface area contributed by atoms with Crippen molar-refractivity contribution in [3.8, 4) is 11.5 Å². The number of unbranched alkanes of at least 4 members (excludes halogenated alkanes) is 2. The van der Waals surface area contributed by atoms with Gasteiger partial charge in [-0.3, -0.25) is 19.3 Å². The number of carboxylic acids is 1. The minimum Gasteiger partial charge on any atom is -0.508 e. The van der Waals surface area contributed by atoms with E-state index in [0.717, 1.165) is 41.7 Å². The highest BCUT2D eigenvalue weighted by molar-refractivity contribution is 6.06. The molecule has 2 amide bonds. The number of para-hydroxylation sites is 1. The summed E-state index contributed by atoms with van der Waals surface area (Å²) in [6, 6.07) is 16.8. The highest BCUT2D eigenvalue weighted by Gasteiger charge is 2.56. The van der Waals surface area contributed by atoms with Gasteiger partial charge in [0.05, 0.1) is 24.5 Å². The van der Waals surface area contributed by atoms with E-state index in [0.29, 0.717) is 45.4 Å². The van der Waals surface area contributed by atoms with E-state index >= 15 is 0 Å². The fraction of sp³-hybridized carbons (Fsp3) is 0.457. The number of fused-ring (bicyclic) bond motifs is 3. The number of rotatable bonds is 14. The van der Waals surface area contributed by atoms with Crippen molar-refractivity contribution in [2.45, 2.75) is 64.4 Å². The number of hydrogen-bond donors (Lipinski definition) is 2. The van der Waals surface area contributed by atoms with Crippen LogP contribution in [0.2, 0.25) is 0 Å². The fourth-order valence-corrected chi connectivity index (χ4v) is 6.77. The molecule has 0 saturated carbocycles. The summed E-state index contributed by atoms with van der Waals surface area (Å²) in [6.45, 7) is 3.21. The summed E-state index contributed by atoms with van der Waals surface area (Å²) in [5, 5.41) is 18.5. The zero-order chi connectivity index (χ0) is 30.3. The number of amides is 2. The van der Waals surface area contributed by atoms with Crippen molar-refractivity contribution < 1.29 is 34.1 Å². The van der Waals surface area contributed by atoms with Gasteiger partial charge in [0, 0.05) is 18.9 Å². The molecule has 3 aliphatic rings. The van der Waals surface area contributed by atoms with Crippen LogP contribution in [-0.2, 0) is 19.1 Å². The highest BCUT2D eigenvalue weighted by Crippen LogP contribution is 2.50. The lowest BCUT2D eigenvalue weighted by molar-refractivity contribution is -0.141. The molecule has 2 aromatic rings. The van der Waals surface area contributed by atoms with E-state index in [2.05, 4.69) is 13.0 Å². The van der Waals surface area contributed by atoms with Crippen molar-refractivity contribution in [1.29, 1.82) is 0 Å².